The number of fused-ring (bicyclic) bond motifs is 2. The van der Waals surface area contributed by atoms with Gasteiger partial charge in [-0.2, -0.15) is 0 Å². The van der Waals surface area contributed by atoms with Crippen molar-refractivity contribution in [3.63, 3.8) is 0 Å². The number of para-hydroxylation sites is 2. The van der Waals surface area contributed by atoms with Gasteiger partial charge in [0.05, 0.1) is 11.0 Å². The molecule has 3 heterocycles. The third-order valence-electron chi connectivity index (χ3n) is 11.4. The minimum atomic E-state index is 0.207. The summed E-state index contributed by atoms with van der Waals surface area (Å²) in [5.74, 6) is 3.85. The monoisotopic (exact) mass is 466 g/mol. The second kappa shape index (κ2) is 6.42. The van der Waals surface area contributed by atoms with Crippen molar-refractivity contribution in [2.45, 2.75) is 62.4 Å². The van der Waals surface area contributed by atoms with E-state index >= 15 is 0 Å². The number of hydrogen-bond donors (Lipinski definition) is 2. The molecule has 2 aromatic carbocycles. The number of anilines is 1. The summed E-state index contributed by atoms with van der Waals surface area (Å²) in [7, 11) is 0. The van der Waals surface area contributed by atoms with E-state index in [1.54, 1.807) is 0 Å². The molecule has 2 unspecified atom stereocenters. The summed E-state index contributed by atoms with van der Waals surface area (Å²) in [5.41, 5.74) is 5.84. The van der Waals surface area contributed by atoms with Crippen molar-refractivity contribution in [1.82, 2.24) is 14.9 Å². The quantitative estimate of drug-likeness (QED) is 0.579. The van der Waals surface area contributed by atoms with Gasteiger partial charge in [-0.05, 0) is 110 Å². The molecular weight excluding hydrogens is 432 g/mol. The largest absolute Gasteiger partial charge is 0.508 e. The Morgan fingerprint density at radius 1 is 1.09 bits per heavy atom. The van der Waals surface area contributed by atoms with E-state index in [9.17, 15) is 5.11 Å². The number of hydrogen-bond acceptors (Lipinski definition) is 4. The van der Waals surface area contributed by atoms with Crippen LogP contribution in [0.3, 0.4) is 0 Å². The van der Waals surface area contributed by atoms with Crippen molar-refractivity contribution in [3.8, 4) is 5.75 Å². The van der Waals surface area contributed by atoms with Crippen LogP contribution in [0.5, 0.6) is 5.75 Å². The number of aromatic nitrogens is 2. The molecule has 4 bridgehead atoms. The van der Waals surface area contributed by atoms with Crippen LogP contribution >= 0.6 is 0 Å². The van der Waals surface area contributed by atoms with E-state index in [0.717, 1.165) is 29.4 Å². The Morgan fingerprint density at radius 3 is 2.89 bits per heavy atom. The molecular formula is C30H34N4O. The molecule has 2 saturated heterocycles. The normalized spacial score (nSPS) is 39.1. The van der Waals surface area contributed by atoms with E-state index in [0.29, 0.717) is 35.1 Å². The van der Waals surface area contributed by atoms with Gasteiger partial charge in [-0.25, -0.2) is 4.98 Å². The Hall–Kier alpha value is -2.53. The summed E-state index contributed by atoms with van der Waals surface area (Å²) >= 11 is 0. The highest BCUT2D eigenvalue weighted by Crippen LogP contribution is 2.75. The van der Waals surface area contributed by atoms with Gasteiger partial charge in [-0.1, -0.05) is 18.2 Å². The maximum atomic E-state index is 10.7. The van der Waals surface area contributed by atoms with Crippen LogP contribution in [0.1, 0.15) is 49.7 Å². The van der Waals surface area contributed by atoms with Gasteiger partial charge in [0.1, 0.15) is 5.75 Å². The first kappa shape index (κ1) is 19.6. The van der Waals surface area contributed by atoms with Crippen molar-refractivity contribution < 1.29 is 5.11 Å². The summed E-state index contributed by atoms with van der Waals surface area (Å²) in [6.45, 7) is 3.68. The Morgan fingerprint density at radius 2 is 2.00 bits per heavy atom. The topological polar surface area (TPSA) is 55.4 Å². The van der Waals surface area contributed by atoms with Crippen LogP contribution < -0.4 is 4.90 Å². The minimum Gasteiger partial charge on any atom is -0.508 e. The number of piperidine rings is 1. The molecule has 0 radical (unpaired) electrons. The Balaban J connectivity index is 1.19. The predicted molar refractivity (Wildman–Crippen MR) is 137 cm³/mol. The summed E-state index contributed by atoms with van der Waals surface area (Å²) in [5, 5.41) is 10.7. The molecule has 6 aliphatic rings. The molecule has 5 fully saturated rings. The Bertz CT molecular complexity index is 1330. The van der Waals surface area contributed by atoms with Gasteiger partial charge in [0.15, 0.2) is 0 Å². The average Bonchev–Trinajstić information content (AvgIpc) is 3.37. The fraction of sp³-hybridized carbons (Fsp3) is 0.567. The number of imidazole rings is 1. The van der Waals surface area contributed by atoms with Crippen molar-refractivity contribution in [3.05, 3.63) is 53.6 Å². The zero-order valence-corrected chi connectivity index (χ0v) is 20.3. The smallest absolute Gasteiger partial charge is 0.204 e. The summed E-state index contributed by atoms with van der Waals surface area (Å²) in [6, 6.07) is 16.1. The Kier molecular flexibility index (Phi) is 3.60. The minimum absolute atomic E-state index is 0.207. The van der Waals surface area contributed by atoms with Crippen LogP contribution in [0, 0.1) is 23.2 Å². The lowest BCUT2D eigenvalue weighted by atomic mass is 9.43. The number of phenols is 1. The number of phenolic OH excluding ortho intramolecular Hbond substituents is 1. The number of aromatic amines is 1. The van der Waals surface area contributed by atoms with E-state index < -0.39 is 0 Å². The molecule has 1 aromatic heterocycles. The van der Waals surface area contributed by atoms with Crippen LogP contribution in [-0.4, -0.2) is 51.7 Å². The molecule has 3 aromatic rings. The van der Waals surface area contributed by atoms with Crippen molar-refractivity contribution >= 4 is 17.0 Å². The average molecular weight is 467 g/mol. The molecule has 9 rings (SSSR count). The van der Waals surface area contributed by atoms with Crippen molar-refractivity contribution in [2.75, 3.05) is 24.5 Å². The second-order valence-corrected chi connectivity index (χ2v) is 12.7. The van der Waals surface area contributed by atoms with E-state index in [2.05, 4.69) is 51.2 Å². The summed E-state index contributed by atoms with van der Waals surface area (Å²) in [4.78, 5) is 14.3. The summed E-state index contributed by atoms with van der Waals surface area (Å²) < 4.78 is 0. The number of nitrogens with one attached hydrogen (secondary N) is 1. The van der Waals surface area contributed by atoms with Gasteiger partial charge >= 0.3 is 0 Å². The molecule has 2 aliphatic heterocycles. The van der Waals surface area contributed by atoms with E-state index in [4.69, 9.17) is 4.98 Å². The second-order valence-electron chi connectivity index (χ2n) is 12.7. The lowest BCUT2D eigenvalue weighted by molar-refractivity contribution is -0.0921. The third kappa shape index (κ3) is 2.32. The number of aromatic hydroxyl groups is 1. The SMILES string of the molecule is Oc1ccc2c(c1)[C@]13CCN(CC4CC4)[C@H](C2)[C@]12CCC1C3[C@@H](CN1c1nc3ccccc3[nH]1)C2. The van der Waals surface area contributed by atoms with Gasteiger partial charge in [-0.3, -0.25) is 4.90 Å². The zero-order chi connectivity index (χ0) is 22.9. The first-order chi connectivity index (χ1) is 17.2. The predicted octanol–water partition coefficient (Wildman–Crippen LogP) is 4.85. The Labute approximate surface area is 206 Å². The van der Waals surface area contributed by atoms with E-state index in [1.165, 1.54) is 69.2 Å². The summed E-state index contributed by atoms with van der Waals surface area (Å²) in [6.07, 6.45) is 9.27. The standard InChI is InChI=1S/C30H34N4O/c35-21-8-7-19-13-26-29-10-9-25-27(30(29,22(19)14-21)11-12-33(26)16-18-5-6-18)20(15-29)17-34(25)28-31-23-3-1-2-4-24(23)32-28/h1-4,7-8,14,18,20,25-27,35H,5-6,9-13,15-17H2,(H,31,32)/t20-,25?,26-,27?,29-,30+/m1/s1. The lowest BCUT2D eigenvalue weighted by Gasteiger charge is -2.66. The van der Waals surface area contributed by atoms with E-state index in [-0.39, 0.29) is 5.41 Å². The molecule has 4 aliphatic carbocycles. The highest BCUT2D eigenvalue weighted by atomic mass is 16.3. The molecule has 6 atom stereocenters. The zero-order valence-electron chi connectivity index (χ0n) is 20.3. The highest BCUT2D eigenvalue weighted by Gasteiger charge is 2.76. The number of likely N-dealkylation sites (tertiary alicyclic amines) is 1. The lowest BCUT2D eigenvalue weighted by Crippen LogP contribution is -2.69. The number of benzene rings is 2. The molecule has 5 nitrogen and oxygen atoms in total. The van der Waals surface area contributed by atoms with Crippen LogP contribution in [0.4, 0.5) is 5.95 Å². The van der Waals surface area contributed by atoms with Crippen LogP contribution in [0.15, 0.2) is 42.5 Å². The fourth-order valence-electron chi connectivity index (χ4n) is 10.3. The van der Waals surface area contributed by atoms with Gasteiger partial charge < -0.3 is 15.0 Å². The number of rotatable bonds is 3. The fourth-order valence-corrected chi connectivity index (χ4v) is 10.3. The van der Waals surface area contributed by atoms with Gasteiger partial charge in [0.2, 0.25) is 5.95 Å². The maximum absolute atomic E-state index is 10.7. The number of nitrogens with zero attached hydrogens (tertiary/aromatic N) is 3. The van der Waals surface area contributed by atoms with Gasteiger partial charge in [0, 0.05) is 30.6 Å². The molecule has 2 N–H and O–H groups in total. The molecule has 5 heteroatoms. The van der Waals surface area contributed by atoms with Crippen LogP contribution in [0.2, 0.25) is 0 Å². The van der Waals surface area contributed by atoms with Crippen molar-refractivity contribution in [2.24, 2.45) is 23.2 Å². The third-order valence-corrected chi connectivity index (χ3v) is 11.4. The maximum Gasteiger partial charge on any atom is 0.204 e. The van der Waals surface area contributed by atoms with E-state index in [1.807, 2.05) is 6.07 Å². The van der Waals surface area contributed by atoms with Gasteiger partial charge in [0.25, 0.3) is 0 Å². The van der Waals surface area contributed by atoms with Gasteiger partial charge in [-0.15, -0.1) is 0 Å². The molecule has 3 saturated carbocycles. The number of H-pyrrole nitrogens is 1. The first-order valence-electron chi connectivity index (χ1n) is 13.9. The first-order valence-corrected chi connectivity index (χ1v) is 13.9. The molecule has 180 valence electrons. The van der Waals surface area contributed by atoms with Crippen molar-refractivity contribution in [1.29, 1.82) is 0 Å². The highest BCUT2D eigenvalue weighted by molar-refractivity contribution is 5.77. The molecule has 0 spiro atoms. The van der Waals surface area contributed by atoms with Crippen LogP contribution in [0.25, 0.3) is 11.0 Å². The van der Waals surface area contributed by atoms with Crippen LogP contribution in [-0.2, 0) is 11.8 Å². The molecule has 0 amide bonds. The molecule has 35 heavy (non-hydrogen) atoms.